The van der Waals surface area contributed by atoms with Crippen molar-refractivity contribution in [2.45, 2.75) is 32.2 Å². The van der Waals surface area contributed by atoms with Crippen molar-refractivity contribution >= 4 is 17.5 Å². The van der Waals surface area contributed by atoms with E-state index in [4.69, 9.17) is 10.5 Å². The summed E-state index contributed by atoms with van der Waals surface area (Å²) in [5.41, 5.74) is 7.44. The minimum Gasteiger partial charge on any atom is -0.449 e. The van der Waals surface area contributed by atoms with Crippen LogP contribution in [0, 0.1) is 0 Å². The summed E-state index contributed by atoms with van der Waals surface area (Å²) in [4.78, 5) is 13.6. The van der Waals surface area contributed by atoms with Gasteiger partial charge in [-0.25, -0.2) is 4.79 Å². The van der Waals surface area contributed by atoms with E-state index in [1.165, 1.54) is 0 Å². The van der Waals surface area contributed by atoms with Crippen molar-refractivity contribution in [2.24, 2.45) is 0 Å². The predicted molar refractivity (Wildman–Crippen MR) is 80.7 cm³/mol. The van der Waals surface area contributed by atoms with Crippen LogP contribution in [0.1, 0.15) is 26.2 Å². The molecule has 1 fully saturated rings. The number of carbonyl (C=O) groups excluding carboxylic acids is 1. The Hall–Kier alpha value is -1.91. The molecular formula is C15H23N3O2. The molecule has 0 unspecified atom stereocenters. The zero-order valence-corrected chi connectivity index (χ0v) is 12.0. The third kappa shape index (κ3) is 4.05. The fourth-order valence-corrected chi connectivity index (χ4v) is 2.25. The van der Waals surface area contributed by atoms with E-state index >= 15 is 0 Å². The van der Waals surface area contributed by atoms with Gasteiger partial charge in [-0.3, -0.25) is 0 Å². The summed E-state index contributed by atoms with van der Waals surface area (Å²) in [7, 11) is 0. The Kier molecular flexibility index (Phi) is 5.09. The number of rotatable bonds is 5. The molecule has 1 aromatic rings. The fourth-order valence-electron chi connectivity index (χ4n) is 2.25. The van der Waals surface area contributed by atoms with Crippen LogP contribution in [0.5, 0.6) is 0 Å². The number of nitrogens with zero attached hydrogens (tertiary/aromatic N) is 1. The molecular weight excluding hydrogens is 254 g/mol. The number of nitrogen functional groups attached to an aromatic ring is 1. The highest BCUT2D eigenvalue weighted by atomic mass is 16.6. The Morgan fingerprint density at radius 1 is 1.45 bits per heavy atom. The number of hydrogen-bond acceptors (Lipinski definition) is 4. The maximum Gasteiger partial charge on any atom is 0.409 e. The summed E-state index contributed by atoms with van der Waals surface area (Å²) in [6.07, 6.45) is 2.70. The zero-order valence-electron chi connectivity index (χ0n) is 12.0. The molecule has 0 aliphatic carbocycles. The van der Waals surface area contributed by atoms with E-state index < -0.39 is 0 Å². The maximum atomic E-state index is 11.8. The lowest BCUT2D eigenvalue weighted by Gasteiger charge is -2.17. The molecule has 1 aromatic carbocycles. The van der Waals surface area contributed by atoms with E-state index in [1.54, 1.807) is 4.90 Å². The molecule has 1 aliphatic heterocycles. The monoisotopic (exact) mass is 277 g/mol. The topological polar surface area (TPSA) is 67.6 Å². The number of ether oxygens (including phenoxy) is 1. The van der Waals surface area contributed by atoms with Gasteiger partial charge >= 0.3 is 6.09 Å². The molecule has 2 rings (SSSR count). The van der Waals surface area contributed by atoms with Crippen molar-refractivity contribution in [1.82, 2.24) is 4.90 Å². The van der Waals surface area contributed by atoms with Gasteiger partial charge in [-0.1, -0.05) is 13.3 Å². The number of amides is 1. The molecule has 0 bridgehead atoms. The van der Waals surface area contributed by atoms with Crippen molar-refractivity contribution in [3.63, 3.8) is 0 Å². The van der Waals surface area contributed by atoms with Crippen LogP contribution >= 0.6 is 0 Å². The van der Waals surface area contributed by atoms with Crippen molar-refractivity contribution < 1.29 is 9.53 Å². The largest absolute Gasteiger partial charge is 0.449 e. The first-order valence-corrected chi connectivity index (χ1v) is 7.23. The quantitative estimate of drug-likeness (QED) is 0.641. The van der Waals surface area contributed by atoms with E-state index in [0.29, 0.717) is 13.2 Å². The average molecular weight is 277 g/mol. The second-order valence-corrected chi connectivity index (χ2v) is 5.17. The number of hydrogen-bond donors (Lipinski definition) is 2. The van der Waals surface area contributed by atoms with E-state index in [0.717, 1.165) is 37.2 Å². The molecule has 20 heavy (non-hydrogen) atoms. The Bertz CT molecular complexity index is 433. The fraction of sp³-hybridized carbons (Fsp3) is 0.533. The number of nitrogens with two attached hydrogens (primary N) is 1. The normalized spacial score (nSPS) is 18.1. The van der Waals surface area contributed by atoms with Crippen molar-refractivity contribution in [3.05, 3.63) is 24.3 Å². The number of benzene rings is 1. The van der Waals surface area contributed by atoms with Crippen LogP contribution in [0.25, 0.3) is 0 Å². The summed E-state index contributed by atoms with van der Waals surface area (Å²) in [5, 5.41) is 3.42. The van der Waals surface area contributed by atoms with Crippen LogP contribution in [-0.4, -0.2) is 36.7 Å². The molecule has 0 spiro atoms. The summed E-state index contributed by atoms with van der Waals surface area (Å²) >= 11 is 0. The summed E-state index contributed by atoms with van der Waals surface area (Å²) in [6.45, 7) is 4.03. The average Bonchev–Trinajstić information content (AvgIpc) is 2.90. The number of nitrogens with one attached hydrogen (secondary N) is 1. The van der Waals surface area contributed by atoms with Crippen molar-refractivity contribution in [2.75, 3.05) is 30.7 Å². The Labute approximate surface area is 120 Å². The van der Waals surface area contributed by atoms with Gasteiger partial charge in [-0.2, -0.15) is 0 Å². The second kappa shape index (κ2) is 7.03. The SMILES string of the molecule is CCCCOC(=O)N1CC[C@@H](Nc2ccc(N)cc2)C1. The van der Waals surface area contributed by atoms with Gasteiger partial charge < -0.3 is 20.7 Å². The molecule has 0 aromatic heterocycles. The van der Waals surface area contributed by atoms with E-state index in [9.17, 15) is 4.79 Å². The predicted octanol–water partition coefficient (Wildman–Crippen LogP) is 2.69. The molecule has 1 aliphatic rings. The first-order chi connectivity index (χ1) is 9.69. The highest BCUT2D eigenvalue weighted by Crippen LogP contribution is 2.17. The molecule has 0 saturated carbocycles. The lowest BCUT2D eigenvalue weighted by atomic mass is 10.2. The Morgan fingerprint density at radius 2 is 2.20 bits per heavy atom. The van der Waals surface area contributed by atoms with Gasteiger partial charge in [0.2, 0.25) is 0 Å². The van der Waals surface area contributed by atoms with Crippen LogP contribution < -0.4 is 11.1 Å². The first-order valence-electron chi connectivity index (χ1n) is 7.23. The minimum absolute atomic E-state index is 0.194. The summed E-state index contributed by atoms with van der Waals surface area (Å²) in [6, 6.07) is 7.93. The van der Waals surface area contributed by atoms with Gasteiger partial charge in [0.1, 0.15) is 0 Å². The third-order valence-electron chi connectivity index (χ3n) is 3.45. The minimum atomic E-state index is -0.194. The standard InChI is InChI=1S/C15H23N3O2/c1-2-3-10-20-15(19)18-9-8-14(11-18)17-13-6-4-12(16)5-7-13/h4-7,14,17H,2-3,8-11,16H2,1H3/t14-/m1/s1. The van der Waals surface area contributed by atoms with E-state index in [2.05, 4.69) is 12.2 Å². The molecule has 110 valence electrons. The Morgan fingerprint density at radius 3 is 2.90 bits per heavy atom. The molecule has 3 N–H and O–H groups in total. The molecule has 5 nitrogen and oxygen atoms in total. The van der Waals surface area contributed by atoms with Gasteiger partial charge in [-0.05, 0) is 37.1 Å². The number of anilines is 2. The molecule has 0 radical (unpaired) electrons. The molecule has 1 amide bonds. The highest BCUT2D eigenvalue weighted by Gasteiger charge is 2.26. The van der Waals surface area contributed by atoms with Gasteiger partial charge in [0.25, 0.3) is 0 Å². The van der Waals surface area contributed by atoms with E-state index in [-0.39, 0.29) is 12.1 Å². The van der Waals surface area contributed by atoms with Crippen LogP contribution in [-0.2, 0) is 4.74 Å². The van der Waals surface area contributed by atoms with Crippen molar-refractivity contribution in [1.29, 1.82) is 0 Å². The van der Waals surface area contributed by atoms with Crippen LogP contribution in [0.2, 0.25) is 0 Å². The van der Waals surface area contributed by atoms with Crippen LogP contribution in [0.3, 0.4) is 0 Å². The lowest BCUT2D eigenvalue weighted by molar-refractivity contribution is 0.109. The summed E-state index contributed by atoms with van der Waals surface area (Å²) < 4.78 is 5.22. The van der Waals surface area contributed by atoms with Crippen molar-refractivity contribution in [3.8, 4) is 0 Å². The van der Waals surface area contributed by atoms with Crippen LogP contribution in [0.4, 0.5) is 16.2 Å². The van der Waals surface area contributed by atoms with Gasteiger partial charge in [0.05, 0.1) is 6.61 Å². The lowest BCUT2D eigenvalue weighted by Crippen LogP contribution is -2.32. The second-order valence-electron chi connectivity index (χ2n) is 5.17. The number of carbonyl (C=O) groups is 1. The molecule has 1 heterocycles. The zero-order chi connectivity index (χ0) is 14.4. The summed E-state index contributed by atoms with van der Waals surface area (Å²) in [5.74, 6) is 0. The van der Waals surface area contributed by atoms with E-state index in [1.807, 2.05) is 24.3 Å². The smallest absolute Gasteiger partial charge is 0.409 e. The van der Waals surface area contributed by atoms with Gasteiger partial charge in [-0.15, -0.1) is 0 Å². The highest BCUT2D eigenvalue weighted by molar-refractivity contribution is 5.68. The third-order valence-corrected chi connectivity index (χ3v) is 3.45. The Balaban J connectivity index is 1.77. The number of likely N-dealkylation sites (tertiary alicyclic amines) is 1. The molecule has 1 saturated heterocycles. The molecule has 5 heteroatoms. The number of unbranched alkanes of at least 4 members (excludes halogenated alkanes) is 1. The first kappa shape index (κ1) is 14.5. The maximum absolute atomic E-state index is 11.8. The van der Waals surface area contributed by atoms with Crippen LogP contribution in [0.15, 0.2) is 24.3 Å². The molecule has 1 atom stereocenters. The van der Waals surface area contributed by atoms with Gasteiger partial charge in [0.15, 0.2) is 0 Å². The van der Waals surface area contributed by atoms with Gasteiger partial charge in [0, 0.05) is 30.5 Å².